The molecule has 3 aromatic rings. The quantitative estimate of drug-likeness (QED) is 0.187. The molecule has 4 nitrogen and oxygen atoms in total. The van der Waals surface area contributed by atoms with Gasteiger partial charge in [-0.1, -0.05) is 60.5 Å². The summed E-state index contributed by atoms with van der Waals surface area (Å²) in [6.45, 7) is 4.23. The van der Waals surface area contributed by atoms with Gasteiger partial charge in [-0.25, -0.2) is 4.79 Å². The third-order valence-electron chi connectivity index (χ3n) is 5.17. The van der Waals surface area contributed by atoms with Crippen molar-refractivity contribution in [1.29, 1.82) is 0 Å². The van der Waals surface area contributed by atoms with Gasteiger partial charge in [0.15, 0.2) is 11.3 Å². The third kappa shape index (κ3) is 5.93. The standard InChI is InChI=1S/C29H27NO3/c1-5-21(3)27-19-24(30-23-15-11-8-12-16-23)17-18-26(27)28(25(6-2)29(31)32-4)33-20-22-13-9-7-10-14-22/h2,5,7-19,30H,20H2,1,3-4H3/b21-5-,28-25-. The minimum atomic E-state index is -0.615. The molecule has 0 bridgehead atoms. The number of terminal acetylenes is 1. The lowest BCUT2D eigenvalue weighted by molar-refractivity contribution is -0.135. The molecule has 33 heavy (non-hydrogen) atoms. The average molecular weight is 438 g/mol. The van der Waals surface area contributed by atoms with Gasteiger partial charge in [-0.3, -0.25) is 0 Å². The minimum Gasteiger partial charge on any atom is -0.487 e. The SMILES string of the molecule is C#C/C(C(=O)OC)=C(/OCc1ccccc1)c1ccc(Nc2ccccc2)cc1/C(C)=C\C. The molecule has 0 aliphatic rings. The number of methoxy groups -OCH3 is 1. The van der Waals surface area contributed by atoms with Crippen molar-refractivity contribution in [2.75, 3.05) is 12.4 Å². The first kappa shape index (κ1) is 23.4. The van der Waals surface area contributed by atoms with Crippen LogP contribution in [0.5, 0.6) is 0 Å². The van der Waals surface area contributed by atoms with Gasteiger partial charge in [0.1, 0.15) is 6.61 Å². The smallest absolute Gasteiger partial charge is 0.350 e. The highest BCUT2D eigenvalue weighted by molar-refractivity contribution is 6.01. The molecule has 0 aliphatic heterocycles. The topological polar surface area (TPSA) is 47.6 Å². The Morgan fingerprint density at radius 1 is 0.970 bits per heavy atom. The first-order chi connectivity index (χ1) is 16.1. The molecular formula is C29H27NO3. The van der Waals surface area contributed by atoms with Crippen molar-refractivity contribution in [2.24, 2.45) is 0 Å². The third-order valence-corrected chi connectivity index (χ3v) is 5.17. The number of hydrogen-bond donors (Lipinski definition) is 1. The molecule has 3 aromatic carbocycles. The molecule has 0 saturated heterocycles. The summed E-state index contributed by atoms with van der Waals surface area (Å²) in [5, 5.41) is 3.41. The van der Waals surface area contributed by atoms with Crippen molar-refractivity contribution in [1.82, 2.24) is 0 Å². The zero-order valence-corrected chi connectivity index (χ0v) is 19.1. The van der Waals surface area contributed by atoms with E-state index in [4.69, 9.17) is 15.9 Å². The fourth-order valence-corrected chi connectivity index (χ4v) is 3.32. The fourth-order valence-electron chi connectivity index (χ4n) is 3.32. The van der Waals surface area contributed by atoms with Crippen LogP contribution in [0, 0.1) is 12.3 Å². The molecule has 3 rings (SSSR count). The number of rotatable bonds is 8. The second kappa shape index (κ2) is 11.4. The average Bonchev–Trinajstić information content (AvgIpc) is 2.87. The Morgan fingerprint density at radius 2 is 1.64 bits per heavy atom. The maximum Gasteiger partial charge on any atom is 0.350 e. The van der Waals surface area contributed by atoms with E-state index in [0.717, 1.165) is 33.6 Å². The molecular weight excluding hydrogens is 410 g/mol. The van der Waals surface area contributed by atoms with Crippen molar-refractivity contribution < 1.29 is 14.3 Å². The Labute approximate surface area is 195 Å². The van der Waals surface area contributed by atoms with Gasteiger partial charge < -0.3 is 14.8 Å². The highest BCUT2D eigenvalue weighted by Crippen LogP contribution is 2.33. The normalized spacial score (nSPS) is 11.8. The molecule has 0 saturated carbocycles. The fraction of sp³-hybridized carbons (Fsp3) is 0.138. The largest absolute Gasteiger partial charge is 0.487 e. The molecule has 0 radical (unpaired) electrons. The number of ether oxygens (including phenoxy) is 2. The lowest BCUT2D eigenvalue weighted by atomic mass is 9.96. The van der Waals surface area contributed by atoms with E-state index in [1.165, 1.54) is 7.11 Å². The Balaban J connectivity index is 2.10. The molecule has 166 valence electrons. The first-order valence-corrected chi connectivity index (χ1v) is 10.6. The summed E-state index contributed by atoms with van der Waals surface area (Å²) in [4.78, 5) is 12.5. The van der Waals surface area contributed by atoms with Gasteiger partial charge in [-0.15, -0.1) is 6.42 Å². The zero-order valence-electron chi connectivity index (χ0n) is 19.1. The van der Waals surface area contributed by atoms with Crippen LogP contribution in [0.1, 0.15) is 30.5 Å². The van der Waals surface area contributed by atoms with E-state index < -0.39 is 5.97 Å². The van der Waals surface area contributed by atoms with Crippen molar-refractivity contribution >= 4 is 28.7 Å². The Bertz CT molecular complexity index is 1200. The summed E-state index contributed by atoms with van der Waals surface area (Å²) < 4.78 is 11.1. The molecule has 0 amide bonds. The number of benzene rings is 3. The van der Waals surface area contributed by atoms with Gasteiger partial charge in [0.25, 0.3) is 0 Å². The summed E-state index contributed by atoms with van der Waals surface area (Å²) in [5.74, 6) is 2.17. The maximum atomic E-state index is 12.5. The van der Waals surface area contributed by atoms with Crippen LogP contribution >= 0.6 is 0 Å². The van der Waals surface area contributed by atoms with Gasteiger partial charge in [-0.05, 0) is 60.9 Å². The number of esters is 1. The van der Waals surface area contributed by atoms with E-state index in [9.17, 15) is 4.79 Å². The van der Waals surface area contributed by atoms with E-state index in [1.807, 2.05) is 98.8 Å². The number of anilines is 2. The number of nitrogens with one attached hydrogen (secondary N) is 1. The monoisotopic (exact) mass is 437 g/mol. The number of carbonyl (C=O) groups excluding carboxylic acids is 1. The molecule has 0 unspecified atom stereocenters. The summed E-state index contributed by atoms with van der Waals surface area (Å²) in [5.41, 5.74) is 5.53. The van der Waals surface area contributed by atoms with Gasteiger partial charge >= 0.3 is 5.97 Å². The molecule has 1 N–H and O–H groups in total. The Morgan fingerprint density at radius 3 is 2.24 bits per heavy atom. The van der Waals surface area contributed by atoms with E-state index in [1.54, 1.807) is 0 Å². The van der Waals surface area contributed by atoms with Crippen LogP contribution in [0.2, 0.25) is 0 Å². The van der Waals surface area contributed by atoms with Crippen molar-refractivity contribution in [2.45, 2.75) is 20.5 Å². The zero-order chi connectivity index (χ0) is 23.6. The highest BCUT2D eigenvalue weighted by Gasteiger charge is 2.21. The summed E-state index contributed by atoms with van der Waals surface area (Å²) >= 11 is 0. The molecule has 0 heterocycles. The molecule has 0 atom stereocenters. The highest BCUT2D eigenvalue weighted by atomic mass is 16.5. The molecule has 0 spiro atoms. The van der Waals surface area contributed by atoms with E-state index in [2.05, 4.69) is 11.2 Å². The first-order valence-electron chi connectivity index (χ1n) is 10.6. The van der Waals surface area contributed by atoms with Crippen LogP contribution in [0.4, 0.5) is 11.4 Å². The Kier molecular flexibility index (Phi) is 8.10. The van der Waals surface area contributed by atoms with Crippen LogP contribution in [0.15, 0.2) is 90.5 Å². The van der Waals surface area contributed by atoms with Crippen molar-refractivity contribution in [3.8, 4) is 12.3 Å². The molecule has 0 aliphatic carbocycles. The van der Waals surface area contributed by atoms with Crippen molar-refractivity contribution in [3.63, 3.8) is 0 Å². The molecule has 4 heteroatoms. The van der Waals surface area contributed by atoms with E-state index >= 15 is 0 Å². The maximum absolute atomic E-state index is 12.5. The van der Waals surface area contributed by atoms with Crippen LogP contribution in [0.25, 0.3) is 11.3 Å². The number of allylic oxidation sites excluding steroid dienone is 2. The summed E-state index contributed by atoms with van der Waals surface area (Å²) in [6, 6.07) is 25.5. The number of carbonyl (C=O) groups is 1. The van der Waals surface area contributed by atoms with Crippen LogP contribution in [-0.2, 0) is 20.9 Å². The van der Waals surface area contributed by atoms with Crippen LogP contribution in [-0.4, -0.2) is 13.1 Å². The summed E-state index contributed by atoms with van der Waals surface area (Å²) in [7, 11) is 1.31. The van der Waals surface area contributed by atoms with Crippen LogP contribution < -0.4 is 5.32 Å². The van der Waals surface area contributed by atoms with Crippen molar-refractivity contribution in [3.05, 3.63) is 107 Å². The summed E-state index contributed by atoms with van der Waals surface area (Å²) in [6.07, 6.45) is 7.74. The second-order valence-corrected chi connectivity index (χ2v) is 7.34. The van der Waals surface area contributed by atoms with E-state index in [0.29, 0.717) is 5.76 Å². The lowest BCUT2D eigenvalue weighted by Crippen LogP contribution is -2.09. The Hall–Kier alpha value is -4.23. The lowest BCUT2D eigenvalue weighted by Gasteiger charge is -2.18. The predicted molar refractivity (Wildman–Crippen MR) is 134 cm³/mol. The second-order valence-electron chi connectivity index (χ2n) is 7.34. The van der Waals surface area contributed by atoms with Gasteiger partial charge in [-0.2, -0.15) is 0 Å². The number of hydrogen-bond acceptors (Lipinski definition) is 4. The minimum absolute atomic E-state index is 0.0438. The molecule has 0 fully saturated rings. The molecule has 0 aromatic heterocycles. The van der Waals surface area contributed by atoms with Crippen LogP contribution in [0.3, 0.4) is 0 Å². The van der Waals surface area contributed by atoms with Gasteiger partial charge in [0.05, 0.1) is 7.11 Å². The van der Waals surface area contributed by atoms with Gasteiger partial charge in [0, 0.05) is 16.9 Å². The number of para-hydroxylation sites is 1. The van der Waals surface area contributed by atoms with E-state index in [-0.39, 0.29) is 12.2 Å². The van der Waals surface area contributed by atoms with Gasteiger partial charge in [0.2, 0.25) is 0 Å². The predicted octanol–water partition coefficient (Wildman–Crippen LogP) is 6.59.